The molecule has 1 N–H and O–H groups in total. The lowest BCUT2D eigenvalue weighted by molar-refractivity contribution is 0.0275. The Balaban J connectivity index is 1.86. The van der Waals surface area contributed by atoms with E-state index >= 15 is 0 Å². The molecule has 1 saturated carbocycles. The molecule has 0 spiro atoms. The van der Waals surface area contributed by atoms with Crippen LogP contribution < -0.4 is 0 Å². The topological polar surface area (TPSA) is 23.5 Å². The van der Waals surface area contributed by atoms with Gasteiger partial charge in [-0.15, -0.1) is 0 Å². The minimum Gasteiger partial charge on any atom is -0.393 e. The second-order valence-corrected chi connectivity index (χ2v) is 7.49. The minimum atomic E-state index is -0.0404. The predicted octanol–water partition coefficient (Wildman–Crippen LogP) is 4.08. The van der Waals surface area contributed by atoms with Crippen LogP contribution in [0.5, 0.6) is 0 Å². The fourth-order valence-electron chi connectivity index (χ4n) is 4.55. The molecule has 2 fully saturated rings. The van der Waals surface area contributed by atoms with Crippen LogP contribution in [-0.2, 0) is 0 Å². The maximum Gasteiger partial charge on any atom is 0.0580 e. The molecule has 2 rings (SSSR count). The van der Waals surface area contributed by atoms with Gasteiger partial charge in [0.15, 0.2) is 0 Å². The van der Waals surface area contributed by atoms with E-state index in [1.165, 1.54) is 58.0 Å². The Hall–Kier alpha value is -0.0800. The second-order valence-electron chi connectivity index (χ2n) is 7.49. The fourth-order valence-corrected chi connectivity index (χ4v) is 4.55. The number of aliphatic hydroxyl groups is 1. The first-order valence-electron chi connectivity index (χ1n) is 9.03. The molecule has 0 aromatic rings. The molecule has 1 aliphatic heterocycles. The number of aliphatic hydroxyl groups excluding tert-OH is 1. The Labute approximate surface area is 125 Å². The first-order chi connectivity index (χ1) is 9.62. The smallest absolute Gasteiger partial charge is 0.0580 e. The van der Waals surface area contributed by atoms with Crippen LogP contribution >= 0.6 is 0 Å². The number of nitrogens with zero attached hydrogens (tertiary/aromatic N) is 1. The van der Waals surface area contributed by atoms with Crippen molar-refractivity contribution < 1.29 is 5.11 Å². The molecule has 3 atom stereocenters. The second kappa shape index (κ2) is 7.26. The van der Waals surface area contributed by atoms with E-state index < -0.39 is 0 Å². The van der Waals surface area contributed by atoms with Crippen molar-refractivity contribution in [3.05, 3.63) is 0 Å². The van der Waals surface area contributed by atoms with Crippen LogP contribution in [0.4, 0.5) is 0 Å². The lowest BCUT2D eigenvalue weighted by Gasteiger charge is -2.36. The molecule has 3 unspecified atom stereocenters. The zero-order valence-electron chi connectivity index (χ0n) is 13.9. The molecule has 0 aromatic carbocycles. The van der Waals surface area contributed by atoms with E-state index in [0.717, 1.165) is 18.9 Å². The van der Waals surface area contributed by atoms with Crippen molar-refractivity contribution in [3.63, 3.8) is 0 Å². The van der Waals surface area contributed by atoms with Crippen LogP contribution in [0.25, 0.3) is 0 Å². The third-order valence-corrected chi connectivity index (χ3v) is 6.26. The highest BCUT2D eigenvalue weighted by atomic mass is 16.3. The number of likely N-dealkylation sites (tertiary alicyclic amines) is 1. The van der Waals surface area contributed by atoms with Crippen molar-refractivity contribution in [1.82, 2.24) is 4.90 Å². The Kier molecular flexibility index (Phi) is 5.92. The monoisotopic (exact) mass is 281 g/mol. The van der Waals surface area contributed by atoms with Gasteiger partial charge in [-0.1, -0.05) is 33.6 Å². The van der Waals surface area contributed by atoms with Crippen molar-refractivity contribution in [2.45, 2.75) is 78.2 Å². The van der Waals surface area contributed by atoms with Gasteiger partial charge >= 0.3 is 0 Å². The molecular weight excluding hydrogens is 246 g/mol. The van der Waals surface area contributed by atoms with E-state index in [1.54, 1.807) is 0 Å². The highest BCUT2D eigenvalue weighted by Crippen LogP contribution is 2.39. The Morgan fingerprint density at radius 2 is 1.90 bits per heavy atom. The Bertz CT molecular complexity index is 287. The van der Waals surface area contributed by atoms with Crippen LogP contribution in [0, 0.1) is 17.3 Å². The molecule has 1 saturated heterocycles. The molecule has 2 aliphatic rings. The summed E-state index contributed by atoms with van der Waals surface area (Å²) >= 11 is 0. The third kappa shape index (κ3) is 3.76. The molecule has 1 aliphatic carbocycles. The van der Waals surface area contributed by atoms with Gasteiger partial charge in [-0.05, 0) is 62.3 Å². The highest BCUT2D eigenvalue weighted by molar-refractivity contribution is 4.90. The average Bonchev–Trinajstić information content (AvgIpc) is 2.87. The van der Waals surface area contributed by atoms with Gasteiger partial charge in [-0.25, -0.2) is 0 Å². The summed E-state index contributed by atoms with van der Waals surface area (Å²) in [7, 11) is 0. The van der Waals surface area contributed by atoms with Crippen LogP contribution in [0.2, 0.25) is 0 Å². The van der Waals surface area contributed by atoms with E-state index in [9.17, 15) is 5.11 Å². The Morgan fingerprint density at radius 1 is 1.15 bits per heavy atom. The van der Waals surface area contributed by atoms with Crippen molar-refractivity contribution in [2.24, 2.45) is 17.3 Å². The lowest BCUT2D eigenvalue weighted by Crippen LogP contribution is -2.39. The molecule has 1 heterocycles. The van der Waals surface area contributed by atoms with Gasteiger partial charge in [0.2, 0.25) is 0 Å². The minimum absolute atomic E-state index is 0.0404. The van der Waals surface area contributed by atoms with Gasteiger partial charge in [0.25, 0.3) is 0 Å². The molecule has 20 heavy (non-hydrogen) atoms. The highest BCUT2D eigenvalue weighted by Gasteiger charge is 2.37. The summed E-state index contributed by atoms with van der Waals surface area (Å²) in [6.45, 7) is 10.6. The van der Waals surface area contributed by atoms with Crippen molar-refractivity contribution in [3.8, 4) is 0 Å². The van der Waals surface area contributed by atoms with E-state index in [1.807, 2.05) is 0 Å². The lowest BCUT2D eigenvalue weighted by atomic mass is 9.77. The van der Waals surface area contributed by atoms with Gasteiger partial charge in [0.1, 0.15) is 0 Å². The predicted molar refractivity (Wildman–Crippen MR) is 85.8 cm³/mol. The largest absolute Gasteiger partial charge is 0.393 e. The standard InChI is InChI=1S/C18H35NO/c1-4-7-15-8-9-17(20)16(12-15)13-19-11-10-18(5-2,6-3)14-19/h15-17,20H,4-14H2,1-3H3. The summed E-state index contributed by atoms with van der Waals surface area (Å²) in [6.07, 6.45) is 10.1. The number of rotatable bonds is 6. The number of hydrogen-bond acceptors (Lipinski definition) is 2. The summed E-state index contributed by atoms with van der Waals surface area (Å²) in [5, 5.41) is 10.3. The SMILES string of the molecule is CCCC1CCC(O)C(CN2CCC(CC)(CC)C2)C1. The summed E-state index contributed by atoms with van der Waals surface area (Å²) in [6, 6.07) is 0. The molecular formula is C18H35NO. The van der Waals surface area contributed by atoms with Gasteiger partial charge in [0.05, 0.1) is 6.10 Å². The van der Waals surface area contributed by atoms with Crippen molar-refractivity contribution >= 4 is 0 Å². The summed E-state index contributed by atoms with van der Waals surface area (Å²) in [5.41, 5.74) is 0.572. The summed E-state index contributed by atoms with van der Waals surface area (Å²) in [5.74, 6) is 1.41. The molecule has 0 radical (unpaired) electrons. The van der Waals surface area contributed by atoms with Gasteiger partial charge < -0.3 is 10.0 Å². The molecule has 2 nitrogen and oxygen atoms in total. The first-order valence-corrected chi connectivity index (χ1v) is 9.03. The van der Waals surface area contributed by atoms with Crippen molar-refractivity contribution in [1.29, 1.82) is 0 Å². The van der Waals surface area contributed by atoms with Crippen molar-refractivity contribution in [2.75, 3.05) is 19.6 Å². The van der Waals surface area contributed by atoms with E-state index in [-0.39, 0.29) is 6.10 Å². The summed E-state index contributed by atoms with van der Waals surface area (Å²) in [4.78, 5) is 2.65. The molecule has 0 aromatic heterocycles. The maximum atomic E-state index is 10.3. The van der Waals surface area contributed by atoms with Crippen LogP contribution in [0.3, 0.4) is 0 Å². The maximum absolute atomic E-state index is 10.3. The number of hydrogen-bond donors (Lipinski definition) is 1. The quantitative estimate of drug-likeness (QED) is 0.793. The average molecular weight is 281 g/mol. The zero-order chi connectivity index (χ0) is 14.6. The van der Waals surface area contributed by atoms with Crippen LogP contribution in [0.1, 0.15) is 72.1 Å². The molecule has 0 bridgehead atoms. The van der Waals surface area contributed by atoms with Gasteiger partial charge in [-0.3, -0.25) is 0 Å². The van der Waals surface area contributed by atoms with Crippen LogP contribution in [0.15, 0.2) is 0 Å². The third-order valence-electron chi connectivity index (χ3n) is 6.26. The Morgan fingerprint density at radius 3 is 2.50 bits per heavy atom. The van der Waals surface area contributed by atoms with E-state index in [2.05, 4.69) is 25.7 Å². The molecule has 0 amide bonds. The summed E-state index contributed by atoms with van der Waals surface area (Å²) < 4.78 is 0. The van der Waals surface area contributed by atoms with Gasteiger partial charge in [0, 0.05) is 13.1 Å². The van der Waals surface area contributed by atoms with Crippen LogP contribution in [-0.4, -0.2) is 35.7 Å². The molecule has 2 heteroatoms. The van der Waals surface area contributed by atoms with Gasteiger partial charge in [-0.2, -0.15) is 0 Å². The van der Waals surface area contributed by atoms with E-state index in [4.69, 9.17) is 0 Å². The first kappa shape index (κ1) is 16.3. The zero-order valence-corrected chi connectivity index (χ0v) is 13.9. The van der Waals surface area contributed by atoms with E-state index in [0.29, 0.717) is 11.3 Å². The fraction of sp³-hybridized carbons (Fsp3) is 1.00. The molecule has 118 valence electrons. The normalized spacial score (nSPS) is 34.5.